The fourth-order valence-electron chi connectivity index (χ4n) is 3.32. The molecule has 6 heteroatoms. The van der Waals surface area contributed by atoms with E-state index < -0.39 is 17.7 Å². The highest BCUT2D eigenvalue weighted by atomic mass is 16.3. The molecular weight excluding hydrogens is 342 g/mol. The maximum atomic E-state index is 12.8. The van der Waals surface area contributed by atoms with Crippen molar-refractivity contribution in [1.29, 1.82) is 0 Å². The second kappa shape index (κ2) is 8.14. The number of Topliss-reactive ketones (excluding diaryl/α,β-unsaturated/α-hetero) is 1. The summed E-state index contributed by atoms with van der Waals surface area (Å²) < 4.78 is 0. The van der Waals surface area contributed by atoms with Crippen molar-refractivity contribution >= 4 is 17.4 Å². The summed E-state index contributed by atoms with van der Waals surface area (Å²) in [7, 11) is 3.93. The second-order valence-electron chi connectivity index (χ2n) is 6.80. The van der Waals surface area contributed by atoms with Gasteiger partial charge in [-0.1, -0.05) is 30.3 Å². The lowest BCUT2D eigenvalue weighted by Crippen LogP contribution is -2.32. The van der Waals surface area contributed by atoms with Crippen molar-refractivity contribution in [2.45, 2.75) is 12.5 Å². The van der Waals surface area contributed by atoms with E-state index in [1.54, 1.807) is 29.4 Å². The van der Waals surface area contributed by atoms with E-state index in [-0.39, 0.29) is 11.3 Å². The van der Waals surface area contributed by atoms with Gasteiger partial charge in [-0.15, -0.1) is 0 Å². The van der Waals surface area contributed by atoms with Crippen molar-refractivity contribution in [2.75, 3.05) is 27.2 Å². The number of hydrogen-bond acceptors (Lipinski definition) is 5. The number of amides is 1. The first-order chi connectivity index (χ1) is 13.0. The number of nitrogens with zero attached hydrogens (tertiary/aromatic N) is 3. The molecule has 0 unspecified atom stereocenters. The molecule has 0 spiro atoms. The van der Waals surface area contributed by atoms with Crippen LogP contribution in [-0.4, -0.2) is 58.8 Å². The van der Waals surface area contributed by atoms with Crippen LogP contribution in [0.3, 0.4) is 0 Å². The Morgan fingerprint density at radius 2 is 1.78 bits per heavy atom. The van der Waals surface area contributed by atoms with Crippen molar-refractivity contribution in [3.05, 3.63) is 71.6 Å². The van der Waals surface area contributed by atoms with E-state index in [0.717, 1.165) is 18.5 Å². The molecular formula is C21H23N3O3. The van der Waals surface area contributed by atoms with Gasteiger partial charge in [-0.25, -0.2) is 0 Å². The number of hydrogen-bond donors (Lipinski definition) is 1. The zero-order valence-corrected chi connectivity index (χ0v) is 15.5. The van der Waals surface area contributed by atoms with Crippen molar-refractivity contribution < 1.29 is 14.7 Å². The lowest BCUT2D eigenvalue weighted by atomic mass is 9.95. The van der Waals surface area contributed by atoms with E-state index in [9.17, 15) is 14.7 Å². The average Bonchev–Trinajstić information content (AvgIpc) is 2.93. The van der Waals surface area contributed by atoms with Gasteiger partial charge in [0.05, 0.1) is 11.6 Å². The van der Waals surface area contributed by atoms with E-state index in [1.165, 1.54) is 0 Å². The predicted octanol–water partition coefficient (Wildman–Crippen LogP) is 2.46. The van der Waals surface area contributed by atoms with Crippen LogP contribution in [0.5, 0.6) is 0 Å². The van der Waals surface area contributed by atoms with E-state index in [0.29, 0.717) is 12.1 Å². The van der Waals surface area contributed by atoms with Gasteiger partial charge in [0.1, 0.15) is 5.76 Å². The monoisotopic (exact) mass is 365 g/mol. The van der Waals surface area contributed by atoms with Gasteiger partial charge in [0.25, 0.3) is 11.7 Å². The number of carbonyl (C=O) groups excluding carboxylic acids is 2. The number of pyridine rings is 1. The summed E-state index contributed by atoms with van der Waals surface area (Å²) >= 11 is 0. The summed E-state index contributed by atoms with van der Waals surface area (Å²) in [5.41, 5.74) is 1.40. The molecule has 1 fully saturated rings. The first-order valence-electron chi connectivity index (χ1n) is 8.89. The Morgan fingerprint density at radius 1 is 1.11 bits per heavy atom. The van der Waals surface area contributed by atoms with Crippen LogP contribution in [0.4, 0.5) is 0 Å². The zero-order chi connectivity index (χ0) is 19.4. The van der Waals surface area contributed by atoms with Crippen molar-refractivity contribution in [3.63, 3.8) is 0 Å². The third kappa shape index (κ3) is 3.90. The fourth-order valence-corrected chi connectivity index (χ4v) is 3.32. The van der Waals surface area contributed by atoms with Crippen LogP contribution in [-0.2, 0) is 9.59 Å². The van der Waals surface area contributed by atoms with E-state index in [1.807, 2.05) is 49.3 Å². The molecule has 1 atom stereocenters. The highest BCUT2D eigenvalue weighted by molar-refractivity contribution is 6.46. The maximum absolute atomic E-state index is 12.8. The molecule has 6 nitrogen and oxygen atoms in total. The first-order valence-corrected chi connectivity index (χ1v) is 8.89. The van der Waals surface area contributed by atoms with E-state index in [2.05, 4.69) is 4.98 Å². The topological polar surface area (TPSA) is 73.7 Å². The normalized spacial score (nSPS) is 19.1. The molecule has 1 amide bonds. The minimum absolute atomic E-state index is 0.127. The van der Waals surface area contributed by atoms with Gasteiger partial charge in [-0.3, -0.25) is 14.6 Å². The molecule has 0 saturated carbocycles. The van der Waals surface area contributed by atoms with Crippen LogP contribution >= 0.6 is 0 Å². The largest absolute Gasteiger partial charge is 0.507 e. The van der Waals surface area contributed by atoms with Gasteiger partial charge < -0.3 is 14.9 Å². The van der Waals surface area contributed by atoms with Gasteiger partial charge in [0.15, 0.2) is 0 Å². The molecule has 0 bridgehead atoms. The predicted molar refractivity (Wildman–Crippen MR) is 103 cm³/mol. The third-order valence-corrected chi connectivity index (χ3v) is 4.61. The summed E-state index contributed by atoms with van der Waals surface area (Å²) in [5, 5.41) is 10.8. The number of aliphatic hydroxyl groups excluding tert-OH is 1. The minimum atomic E-state index is -0.650. The Bertz CT molecular complexity index is 847. The van der Waals surface area contributed by atoms with Crippen LogP contribution in [0.2, 0.25) is 0 Å². The molecule has 1 N–H and O–H groups in total. The average molecular weight is 365 g/mol. The molecule has 1 aliphatic heterocycles. The number of aromatic nitrogens is 1. The molecule has 1 aromatic heterocycles. The summed E-state index contributed by atoms with van der Waals surface area (Å²) in [5.74, 6) is -1.39. The van der Waals surface area contributed by atoms with Crippen molar-refractivity contribution in [2.24, 2.45) is 0 Å². The number of ketones is 1. The van der Waals surface area contributed by atoms with Crippen LogP contribution in [0.25, 0.3) is 5.76 Å². The Balaban J connectivity index is 2.05. The Morgan fingerprint density at radius 3 is 2.41 bits per heavy atom. The smallest absolute Gasteiger partial charge is 0.295 e. The maximum Gasteiger partial charge on any atom is 0.295 e. The summed E-state index contributed by atoms with van der Waals surface area (Å²) in [4.78, 5) is 33.0. The quantitative estimate of drug-likeness (QED) is 0.484. The molecule has 0 radical (unpaired) electrons. The van der Waals surface area contributed by atoms with Crippen molar-refractivity contribution in [3.8, 4) is 0 Å². The molecule has 2 aromatic rings. The lowest BCUT2D eigenvalue weighted by molar-refractivity contribution is -0.139. The number of carbonyl (C=O) groups is 2. The number of rotatable bonds is 6. The molecule has 3 rings (SSSR count). The summed E-state index contributed by atoms with van der Waals surface area (Å²) in [6.07, 6.45) is 3.82. The van der Waals surface area contributed by atoms with Gasteiger partial charge >= 0.3 is 0 Å². The minimum Gasteiger partial charge on any atom is -0.507 e. The standard InChI is InChI=1S/C21H23N3O3/c1-23(2)13-6-14-24-18(15-7-4-3-5-8-15)17(20(26)21(24)27)19(25)16-9-11-22-12-10-16/h3-5,7-12,18,25H,6,13-14H2,1-2H3/b19-17+/t18-/m0/s1. The molecule has 1 aliphatic rings. The molecule has 27 heavy (non-hydrogen) atoms. The highest BCUT2D eigenvalue weighted by Gasteiger charge is 2.45. The Hall–Kier alpha value is -2.99. The summed E-state index contributed by atoms with van der Waals surface area (Å²) in [6, 6.07) is 12.0. The number of aliphatic hydroxyl groups is 1. The van der Waals surface area contributed by atoms with E-state index in [4.69, 9.17) is 0 Å². The van der Waals surface area contributed by atoms with Gasteiger partial charge in [-0.2, -0.15) is 0 Å². The fraction of sp³-hybridized carbons (Fsp3) is 0.286. The molecule has 1 aromatic carbocycles. The van der Waals surface area contributed by atoms with Crippen LogP contribution in [0.1, 0.15) is 23.6 Å². The van der Waals surface area contributed by atoms with E-state index >= 15 is 0 Å². The molecule has 140 valence electrons. The van der Waals surface area contributed by atoms with Crippen LogP contribution < -0.4 is 0 Å². The second-order valence-corrected chi connectivity index (χ2v) is 6.80. The van der Waals surface area contributed by atoms with Crippen LogP contribution in [0, 0.1) is 0 Å². The Labute approximate surface area is 158 Å². The zero-order valence-electron chi connectivity index (χ0n) is 15.5. The summed E-state index contributed by atoms with van der Waals surface area (Å²) in [6.45, 7) is 1.24. The van der Waals surface area contributed by atoms with Crippen molar-refractivity contribution in [1.82, 2.24) is 14.8 Å². The number of benzene rings is 1. The van der Waals surface area contributed by atoms with Gasteiger partial charge in [0.2, 0.25) is 0 Å². The number of likely N-dealkylation sites (tertiary alicyclic amines) is 1. The SMILES string of the molecule is CN(C)CCCN1C(=O)C(=O)/C(=C(/O)c2ccncc2)[C@@H]1c1ccccc1. The molecule has 0 aliphatic carbocycles. The Kier molecular flexibility index (Phi) is 5.66. The lowest BCUT2D eigenvalue weighted by Gasteiger charge is -2.25. The molecule has 1 saturated heterocycles. The van der Waals surface area contributed by atoms with Gasteiger partial charge in [0, 0.05) is 24.5 Å². The molecule has 2 heterocycles. The first kappa shape index (κ1) is 18.8. The highest BCUT2D eigenvalue weighted by Crippen LogP contribution is 2.39. The van der Waals surface area contributed by atoms with Crippen LogP contribution in [0.15, 0.2) is 60.4 Å². The van der Waals surface area contributed by atoms with Gasteiger partial charge in [-0.05, 0) is 44.8 Å². The third-order valence-electron chi connectivity index (χ3n) is 4.61.